The average molecular weight is 281 g/mol. The molecule has 0 amide bonds. The summed E-state index contributed by atoms with van der Waals surface area (Å²) in [6, 6.07) is 10.4. The Balaban J connectivity index is 2.00. The van der Waals surface area contributed by atoms with Crippen molar-refractivity contribution in [3.8, 4) is 11.8 Å². The summed E-state index contributed by atoms with van der Waals surface area (Å²) in [6.07, 6.45) is 6.26. The second kappa shape index (κ2) is 6.11. The Bertz CT molecular complexity index is 677. The molecule has 2 unspecified atom stereocenters. The largest absolute Gasteiger partial charge is 0.487 e. The van der Waals surface area contributed by atoms with Crippen LogP contribution in [-0.4, -0.2) is 24.2 Å². The molecule has 1 aliphatic rings. The number of benzene rings is 1. The topological polar surface area (TPSA) is 57.9 Å². The van der Waals surface area contributed by atoms with Gasteiger partial charge in [0.2, 0.25) is 0 Å². The number of aromatic nitrogens is 1. The quantitative estimate of drug-likeness (QED) is 0.939. The first kappa shape index (κ1) is 13.8. The van der Waals surface area contributed by atoms with Crippen molar-refractivity contribution in [1.82, 2.24) is 10.3 Å². The SMILES string of the molecule is CNC1CCCCC1Oc1c(C#N)cnc2ccccc12. The van der Waals surface area contributed by atoms with Crippen LogP contribution < -0.4 is 10.1 Å². The van der Waals surface area contributed by atoms with Crippen molar-refractivity contribution < 1.29 is 4.74 Å². The Kier molecular flexibility index (Phi) is 4.03. The second-order valence-corrected chi connectivity index (χ2v) is 5.47. The maximum absolute atomic E-state index is 9.34. The van der Waals surface area contributed by atoms with E-state index in [0.29, 0.717) is 17.4 Å². The van der Waals surface area contributed by atoms with E-state index in [1.165, 1.54) is 12.8 Å². The number of para-hydroxylation sites is 1. The Labute approximate surface area is 124 Å². The third kappa shape index (κ3) is 2.70. The lowest BCUT2D eigenvalue weighted by Gasteiger charge is -2.32. The maximum atomic E-state index is 9.34. The van der Waals surface area contributed by atoms with Crippen LogP contribution in [0.4, 0.5) is 0 Å². The van der Waals surface area contributed by atoms with Gasteiger partial charge >= 0.3 is 0 Å². The smallest absolute Gasteiger partial charge is 0.148 e. The van der Waals surface area contributed by atoms with E-state index in [1.54, 1.807) is 6.20 Å². The number of likely N-dealkylation sites (N-methyl/N-ethyl adjacent to an activating group) is 1. The Hall–Kier alpha value is -2.12. The molecule has 3 rings (SSSR count). The molecular formula is C17H19N3O. The lowest BCUT2D eigenvalue weighted by molar-refractivity contribution is 0.119. The molecule has 2 atom stereocenters. The Morgan fingerprint density at radius 1 is 1.29 bits per heavy atom. The van der Waals surface area contributed by atoms with E-state index in [-0.39, 0.29) is 6.10 Å². The molecule has 4 nitrogen and oxygen atoms in total. The zero-order chi connectivity index (χ0) is 14.7. The summed E-state index contributed by atoms with van der Waals surface area (Å²) in [5, 5.41) is 13.6. The number of hydrogen-bond acceptors (Lipinski definition) is 4. The van der Waals surface area contributed by atoms with Crippen molar-refractivity contribution in [2.45, 2.75) is 37.8 Å². The fourth-order valence-corrected chi connectivity index (χ4v) is 3.04. The lowest BCUT2D eigenvalue weighted by Crippen LogP contribution is -2.43. The van der Waals surface area contributed by atoms with E-state index in [4.69, 9.17) is 4.74 Å². The van der Waals surface area contributed by atoms with Gasteiger partial charge in [-0.15, -0.1) is 0 Å². The van der Waals surface area contributed by atoms with Gasteiger partial charge in [-0.3, -0.25) is 4.98 Å². The van der Waals surface area contributed by atoms with Gasteiger partial charge in [0.05, 0.1) is 5.52 Å². The number of rotatable bonds is 3. The van der Waals surface area contributed by atoms with Crippen molar-refractivity contribution in [1.29, 1.82) is 5.26 Å². The van der Waals surface area contributed by atoms with Crippen LogP contribution in [0.1, 0.15) is 31.2 Å². The molecule has 0 saturated heterocycles. The van der Waals surface area contributed by atoms with Crippen LogP contribution in [0.25, 0.3) is 10.9 Å². The normalized spacial score (nSPS) is 21.9. The number of nitrogens with zero attached hydrogens (tertiary/aromatic N) is 2. The predicted molar refractivity (Wildman–Crippen MR) is 82.2 cm³/mol. The van der Waals surface area contributed by atoms with E-state index in [0.717, 1.165) is 23.7 Å². The Morgan fingerprint density at radius 2 is 2.10 bits per heavy atom. The summed E-state index contributed by atoms with van der Waals surface area (Å²) in [6.45, 7) is 0. The third-order valence-electron chi connectivity index (χ3n) is 4.19. The van der Waals surface area contributed by atoms with Crippen LogP contribution in [0.2, 0.25) is 0 Å². The van der Waals surface area contributed by atoms with Gasteiger partial charge in [0.1, 0.15) is 23.5 Å². The molecule has 1 fully saturated rings. The average Bonchev–Trinajstić information content (AvgIpc) is 2.55. The molecule has 0 spiro atoms. The van der Waals surface area contributed by atoms with Gasteiger partial charge in [-0.1, -0.05) is 18.6 Å². The number of pyridine rings is 1. The van der Waals surface area contributed by atoms with E-state index in [1.807, 2.05) is 31.3 Å². The van der Waals surface area contributed by atoms with Crippen LogP contribution in [0.5, 0.6) is 5.75 Å². The minimum Gasteiger partial charge on any atom is -0.487 e. The standard InChI is InChI=1S/C17H19N3O/c1-19-15-8-4-5-9-16(15)21-17-12(10-18)11-20-14-7-3-2-6-13(14)17/h2-3,6-7,11,15-16,19H,4-5,8-9H2,1H3. The van der Waals surface area contributed by atoms with Gasteiger partial charge in [-0.2, -0.15) is 5.26 Å². The predicted octanol–water partition coefficient (Wildman–Crippen LogP) is 3.02. The highest BCUT2D eigenvalue weighted by Crippen LogP contribution is 2.31. The van der Waals surface area contributed by atoms with Crippen molar-refractivity contribution in [3.05, 3.63) is 36.0 Å². The fourth-order valence-electron chi connectivity index (χ4n) is 3.04. The summed E-state index contributed by atoms with van der Waals surface area (Å²) in [5.74, 6) is 0.676. The summed E-state index contributed by atoms with van der Waals surface area (Å²) in [7, 11) is 1.97. The first-order valence-corrected chi connectivity index (χ1v) is 7.45. The molecule has 108 valence electrons. The summed E-state index contributed by atoms with van der Waals surface area (Å²) >= 11 is 0. The number of nitriles is 1. The molecule has 0 aliphatic heterocycles. The molecule has 1 heterocycles. The number of fused-ring (bicyclic) bond motifs is 1. The Morgan fingerprint density at radius 3 is 2.90 bits per heavy atom. The lowest BCUT2D eigenvalue weighted by atomic mass is 9.92. The van der Waals surface area contributed by atoms with Crippen molar-refractivity contribution in [3.63, 3.8) is 0 Å². The molecule has 0 bridgehead atoms. The highest BCUT2D eigenvalue weighted by atomic mass is 16.5. The van der Waals surface area contributed by atoms with Crippen LogP contribution in [0.3, 0.4) is 0 Å². The van der Waals surface area contributed by atoms with Crippen molar-refractivity contribution >= 4 is 10.9 Å². The zero-order valence-corrected chi connectivity index (χ0v) is 12.2. The first-order chi connectivity index (χ1) is 10.3. The molecule has 1 aliphatic carbocycles. The second-order valence-electron chi connectivity index (χ2n) is 5.47. The van der Waals surface area contributed by atoms with Crippen molar-refractivity contribution in [2.75, 3.05) is 7.05 Å². The molecule has 2 aromatic rings. The molecule has 1 aromatic carbocycles. The highest BCUT2D eigenvalue weighted by Gasteiger charge is 2.26. The number of nitrogens with one attached hydrogen (secondary N) is 1. The van der Waals surface area contributed by atoms with Gasteiger partial charge in [-0.05, 0) is 38.4 Å². The first-order valence-electron chi connectivity index (χ1n) is 7.45. The molecule has 0 radical (unpaired) electrons. The van der Waals surface area contributed by atoms with Gasteiger partial charge in [0, 0.05) is 17.6 Å². The molecule has 1 N–H and O–H groups in total. The monoisotopic (exact) mass is 281 g/mol. The van der Waals surface area contributed by atoms with E-state index in [2.05, 4.69) is 16.4 Å². The van der Waals surface area contributed by atoms with Crippen molar-refractivity contribution in [2.24, 2.45) is 0 Å². The number of ether oxygens (including phenoxy) is 1. The van der Waals surface area contributed by atoms with Crippen LogP contribution in [0, 0.1) is 11.3 Å². The summed E-state index contributed by atoms with van der Waals surface area (Å²) in [5.41, 5.74) is 1.37. The molecule has 1 aromatic heterocycles. The molecule has 4 heteroatoms. The summed E-state index contributed by atoms with van der Waals surface area (Å²) < 4.78 is 6.27. The van der Waals surface area contributed by atoms with Crippen LogP contribution in [0.15, 0.2) is 30.5 Å². The molecular weight excluding hydrogens is 262 g/mol. The highest BCUT2D eigenvalue weighted by molar-refractivity contribution is 5.87. The minimum absolute atomic E-state index is 0.113. The van der Waals surface area contributed by atoms with Gasteiger partial charge in [0.25, 0.3) is 0 Å². The summed E-state index contributed by atoms with van der Waals surface area (Å²) in [4.78, 5) is 4.33. The van der Waals surface area contributed by atoms with Crippen LogP contribution >= 0.6 is 0 Å². The molecule has 1 saturated carbocycles. The van der Waals surface area contributed by atoms with Gasteiger partial charge < -0.3 is 10.1 Å². The van der Waals surface area contributed by atoms with Gasteiger partial charge in [-0.25, -0.2) is 0 Å². The maximum Gasteiger partial charge on any atom is 0.148 e. The molecule has 21 heavy (non-hydrogen) atoms. The van der Waals surface area contributed by atoms with E-state index >= 15 is 0 Å². The minimum atomic E-state index is 0.113. The third-order valence-corrected chi connectivity index (χ3v) is 4.19. The van der Waals surface area contributed by atoms with Gasteiger partial charge in [0.15, 0.2) is 0 Å². The fraction of sp³-hybridized carbons (Fsp3) is 0.412. The zero-order valence-electron chi connectivity index (χ0n) is 12.2. The van der Waals surface area contributed by atoms with Crippen LogP contribution in [-0.2, 0) is 0 Å². The van der Waals surface area contributed by atoms with E-state index < -0.39 is 0 Å². The van der Waals surface area contributed by atoms with E-state index in [9.17, 15) is 5.26 Å². The number of hydrogen-bond donors (Lipinski definition) is 1.